The van der Waals surface area contributed by atoms with Gasteiger partial charge in [-0.1, -0.05) is 20.8 Å². The second kappa shape index (κ2) is 3.94. The number of nitrogens with zero attached hydrogens (tertiary/aromatic N) is 1. The molecule has 0 amide bonds. The molecule has 0 aromatic rings. The first-order chi connectivity index (χ1) is 5.54. The fourth-order valence-electron chi connectivity index (χ4n) is 1.03. The fraction of sp³-hybridized carbons (Fsp3) is 1.00. The van der Waals surface area contributed by atoms with Crippen molar-refractivity contribution < 1.29 is 8.42 Å². The van der Waals surface area contributed by atoms with Crippen LogP contribution >= 0.6 is 0 Å². The monoisotopic (exact) mass is 208 g/mol. The van der Waals surface area contributed by atoms with Crippen molar-refractivity contribution >= 4 is 10.2 Å². The van der Waals surface area contributed by atoms with E-state index in [1.54, 1.807) is 0 Å². The van der Waals surface area contributed by atoms with E-state index in [2.05, 4.69) is 0 Å². The van der Waals surface area contributed by atoms with Crippen molar-refractivity contribution in [2.75, 3.05) is 6.54 Å². The molecule has 4 nitrogen and oxygen atoms in total. The van der Waals surface area contributed by atoms with Gasteiger partial charge in [-0.25, -0.2) is 5.14 Å². The molecule has 5 heteroatoms. The van der Waals surface area contributed by atoms with Gasteiger partial charge in [0.15, 0.2) is 0 Å². The van der Waals surface area contributed by atoms with Crippen LogP contribution in [0.1, 0.15) is 34.6 Å². The first kappa shape index (κ1) is 12.9. The standard InChI is InChI=1S/C8H20N2O2S/c1-7(2)10(13(9,11)12)6-8(3,4)5/h7H,6H2,1-5H3,(H2,9,11,12). The molecular formula is C8H20N2O2S. The molecule has 0 aliphatic rings. The Kier molecular flexibility index (Phi) is 3.90. The minimum Gasteiger partial charge on any atom is -0.216 e. The Hall–Kier alpha value is -0.130. The van der Waals surface area contributed by atoms with E-state index in [4.69, 9.17) is 5.14 Å². The van der Waals surface area contributed by atoms with Gasteiger partial charge >= 0.3 is 0 Å². The SMILES string of the molecule is CC(C)N(CC(C)(C)C)S(N)(=O)=O. The predicted molar refractivity (Wildman–Crippen MR) is 54.4 cm³/mol. The Labute approximate surface area is 81.3 Å². The van der Waals surface area contributed by atoms with Gasteiger partial charge in [0.2, 0.25) is 0 Å². The highest BCUT2D eigenvalue weighted by Crippen LogP contribution is 2.18. The van der Waals surface area contributed by atoms with E-state index in [1.165, 1.54) is 4.31 Å². The topological polar surface area (TPSA) is 63.4 Å². The summed E-state index contributed by atoms with van der Waals surface area (Å²) in [5, 5.41) is 5.09. The lowest BCUT2D eigenvalue weighted by molar-refractivity contribution is 0.250. The molecular weight excluding hydrogens is 188 g/mol. The zero-order valence-corrected chi connectivity index (χ0v) is 9.85. The molecule has 0 aliphatic carbocycles. The third kappa shape index (κ3) is 5.23. The Balaban J connectivity index is 4.67. The van der Waals surface area contributed by atoms with Gasteiger partial charge in [0.25, 0.3) is 10.2 Å². The highest BCUT2D eigenvalue weighted by molar-refractivity contribution is 7.86. The maximum Gasteiger partial charge on any atom is 0.277 e. The quantitative estimate of drug-likeness (QED) is 0.750. The first-order valence-electron chi connectivity index (χ1n) is 4.33. The molecule has 0 saturated heterocycles. The molecule has 13 heavy (non-hydrogen) atoms. The Bertz CT molecular complexity index is 252. The summed E-state index contributed by atoms with van der Waals surface area (Å²) in [7, 11) is -3.56. The van der Waals surface area contributed by atoms with E-state index < -0.39 is 10.2 Å². The van der Waals surface area contributed by atoms with Gasteiger partial charge in [0, 0.05) is 12.6 Å². The highest BCUT2D eigenvalue weighted by atomic mass is 32.2. The van der Waals surface area contributed by atoms with Crippen LogP contribution in [0, 0.1) is 5.41 Å². The van der Waals surface area contributed by atoms with Crippen LogP contribution in [0.2, 0.25) is 0 Å². The first-order valence-corrected chi connectivity index (χ1v) is 5.84. The van der Waals surface area contributed by atoms with Crippen molar-refractivity contribution in [3.63, 3.8) is 0 Å². The van der Waals surface area contributed by atoms with E-state index in [1.807, 2.05) is 34.6 Å². The largest absolute Gasteiger partial charge is 0.277 e. The van der Waals surface area contributed by atoms with Crippen LogP contribution in [0.4, 0.5) is 0 Å². The zero-order chi connectivity index (χ0) is 10.9. The van der Waals surface area contributed by atoms with Gasteiger partial charge in [-0.05, 0) is 19.3 Å². The van der Waals surface area contributed by atoms with Gasteiger partial charge in [0.05, 0.1) is 0 Å². The summed E-state index contributed by atoms with van der Waals surface area (Å²) in [4.78, 5) is 0. The highest BCUT2D eigenvalue weighted by Gasteiger charge is 2.26. The van der Waals surface area contributed by atoms with Crippen LogP contribution in [0.25, 0.3) is 0 Å². The molecule has 0 unspecified atom stereocenters. The average Bonchev–Trinajstić information content (AvgIpc) is 1.77. The third-order valence-corrected chi connectivity index (χ3v) is 2.74. The van der Waals surface area contributed by atoms with Gasteiger partial charge < -0.3 is 0 Å². The van der Waals surface area contributed by atoms with E-state index >= 15 is 0 Å². The Morgan fingerprint density at radius 1 is 1.31 bits per heavy atom. The van der Waals surface area contributed by atoms with E-state index in [9.17, 15) is 8.42 Å². The normalized spacial score (nSPS) is 14.2. The minimum absolute atomic E-state index is 0.0727. The summed E-state index contributed by atoms with van der Waals surface area (Å²) in [6, 6.07) is -0.0887. The maximum atomic E-state index is 11.2. The Morgan fingerprint density at radius 2 is 1.69 bits per heavy atom. The second-order valence-corrected chi connectivity index (χ2v) is 6.24. The zero-order valence-electron chi connectivity index (χ0n) is 9.03. The van der Waals surface area contributed by atoms with Crippen LogP contribution < -0.4 is 5.14 Å². The average molecular weight is 208 g/mol. The van der Waals surface area contributed by atoms with Gasteiger partial charge in [0.1, 0.15) is 0 Å². The van der Waals surface area contributed by atoms with Crippen molar-refractivity contribution in [1.82, 2.24) is 4.31 Å². The summed E-state index contributed by atoms with van der Waals surface area (Å²) in [5.74, 6) is 0. The van der Waals surface area contributed by atoms with Crippen LogP contribution in [0.3, 0.4) is 0 Å². The molecule has 0 fully saturated rings. The molecule has 0 spiro atoms. The molecule has 0 rings (SSSR count). The number of rotatable bonds is 3. The summed E-state index contributed by atoms with van der Waals surface area (Å²) < 4.78 is 23.6. The maximum absolute atomic E-state index is 11.2. The molecule has 0 heterocycles. The van der Waals surface area contributed by atoms with E-state index in [0.717, 1.165) is 0 Å². The van der Waals surface area contributed by atoms with Crippen molar-refractivity contribution in [2.24, 2.45) is 10.6 Å². The Morgan fingerprint density at radius 3 is 1.77 bits per heavy atom. The molecule has 0 aromatic heterocycles. The van der Waals surface area contributed by atoms with Gasteiger partial charge in [-0.2, -0.15) is 12.7 Å². The molecule has 80 valence electrons. The molecule has 0 aliphatic heterocycles. The van der Waals surface area contributed by atoms with Gasteiger partial charge in [-0.15, -0.1) is 0 Å². The number of nitrogens with two attached hydrogens (primary N) is 1. The third-order valence-electron chi connectivity index (χ3n) is 1.53. The lowest BCUT2D eigenvalue weighted by atomic mass is 9.97. The summed E-state index contributed by atoms with van der Waals surface area (Å²) >= 11 is 0. The summed E-state index contributed by atoms with van der Waals surface area (Å²) in [6.07, 6.45) is 0. The molecule has 0 aromatic carbocycles. The molecule has 0 saturated carbocycles. The lowest BCUT2D eigenvalue weighted by Crippen LogP contribution is -2.45. The van der Waals surface area contributed by atoms with E-state index in [0.29, 0.717) is 6.54 Å². The molecule has 2 N–H and O–H groups in total. The molecule has 0 radical (unpaired) electrons. The molecule has 0 bridgehead atoms. The van der Waals surface area contributed by atoms with Gasteiger partial charge in [-0.3, -0.25) is 0 Å². The minimum atomic E-state index is -3.56. The van der Waals surface area contributed by atoms with Crippen molar-refractivity contribution in [2.45, 2.75) is 40.7 Å². The number of hydrogen-bond acceptors (Lipinski definition) is 2. The van der Waals surface area contributed by atoms with Crippen molar-refractivity contribution in [1.29, 1.82) is 0 Å². The summed E-state index contributed by atoms with van der Waals surface area (Å²) in [5.41, 5.74) is -0.0727. The van der Waals surface area contributed by atoms with E-state index in [-0.39, 0.29) is 11.5 Å². The van der Waals surface area contributed by atoms with Crippen molar-refractivity contribution in [3.05, 3.63) is 0 Å². The molecule has 0 atom stereocenters. The lowest BCUT2D eigenvalue weighted by Gasteiger charge is -2.30. The summed E-state index contributed by atoms with van der Waals surface area (Å²) in [6.45, 7) is 10.0. The number of hydrogen-bond donors (Lipinski definition) is 1. The van der Waals surface area contributed by atoms with Crippen LogP contribution in [0.15, 0.2) is 0 Å². The smallest absolute Gasteiger partial charge is 0.216 e. The van der Waals surface area contributed by atoms with Crippen LogP contribution in [0.5, 0.6) is 0 Å². The van der Waals surface area contributed by atoms with Crippen LogP contribution in [-0.2, 0) is 10.2 Å². The second-order valence-electron chi connectivity index (χ2n) is 4.74. The predicted octanol–water partition coefficient (Wildman–Crippen LogP) is 0.946. The van der Waals surface area contributed by atoms with Crippen molar-refractivity contribution in [3.8, 4) is 0 Å². The fourth-order valence-corrected chi connectivity index (χ4v) is 2.19. The van der Waals surface area contributed by atoms with Crippen LogP contribution in [-0.4, -0.2) is 25.3 Å².